The number of pyridine rings is 1. The van der Waals surface area contributed by atoms with E-state index in [1.54, 1.807) is 0 Å². The number of nitrogens with zero attached hydrogens (tertiary/aromatic N) is 2. The Morgan fingerprint density at radius 2 is 2.17 bits per heavy atom. The van der Waals surface area contributed by atoms with Gasteiger partial charge in [0.25, 0.3) is 0 Å². The van der Waals surface area contributed by atoms with E-state index in [-0.39, 0.29) is 6.10 Å². The molecule has 3 rings (SSSR count). The van der Waals surface area contributed by atoms with Crippen molar-refractivity contribution in [1.29, 1.82) is 0 Å². The van der Waals surface area contributed by atoms with Gasteiger partial charge in [0.05, 0.1) is 18.8 Å². The molecule has 2 fully saturated rings. The number of ether oxygens (including phenoxy) is 1. The maximum Gasteiger partial charge on any atom is 0.0896 e. The second-order valence-corrected chi connectivity index (χ2v) is 5.30. The van der Waals surface area contributed by atoms with Crippen molar-refractivity contribution >= 4 is 0 Å². The third kappa shape index (κ3) is 2.71. The predicted octanol–water partition coefficient (Wildman–Crippen LogP) is 1.21. The minimum Gasteiger partial charge on any atom is -0.374 e. The van der Waals surface area contributed by atoms with E-state index in [0.29, 0.717) is 6.04 Å². The zero-order chi connectivity index (χ0) is 12.4. The van der Waals surface area contributed by atoms with Gasteiger partial charge in [0.15, 0.2) is 0 Å². The van der Waals surface area contributed by atoms with Crippen LogP contribution in [0.25, 0.3) is 0 Å². The number of hydrogen-bond acceptors (Lipinski definition) is 4. The zero-order valence-corrected chi connectivity index (χ0v) is 10.9. The summed E-state index contributed by atoms with van der Waals surface area (Å²) in [5, 5.41) is 3.58. The van der Waals surface area contributed by atoms with Gasteiger partial charge in [-0.25, -0.2) is 0 Å². The van der Waals surface area contributed by atoms with Crippen molar-refractivity contribution in [3.63, 3.8) is 0 Å². The molecule has 0 aromatic carbocycles. The lowest BCUT2D eigenvalue weighted by atomic mass is 9.99. The van der Waals surface area contributed by atoms with Crippen molar-refractivity contribution in [1.82, 2.24) is 15.2 Å². The number of nitrogens with one attached hydrogen (secondary N) is 1. The Kier molecular flexibility index (Phi) is 3.59. The molecule has 18 heavy (non-hydrogen) atoms. The van der Waals surface area contributed by atoms with Gasteiger partial charge in [-0.05, 0) is 37.6 Å². The van der Waals surface area contributed by atoms with Gasteiger partial charge in [0, 0.05) is 31.5 Å². The normalized spacial score (nSPS) is 29.4. The maximum absolute atomic E-state index is 5.97. The first-order chi connectivity index (χ1) is 8.84. The number of aromatic nitrogens is 1. The zero-order valence-electron chi connectivity index (χ0n) is 10.9. The third-order valence-electron chi connectivity index (χ3n) is 3.84. The molecule has 1 saturated heterocycles. The molecule has 1 aliphatic heterocycles. The van der Waals surface area contributed by atoms with Gasteiger partial charge < -0.3 is 10.1 Å². The smallest absolute Gasteiger partial charge is 0.0896 e. The first-order valence-corrected chi connectivity index (χ1v) is 6.80. The Morgan fingerprint density at radius 3 is 2.89 bits per heavy atom. The summed E-state index contributed by atoms with van der Waals surface area (Å²) < 4.78 is 5.97. The van der Waals surface area contributed by atoms with E-state index in [0.717, 1.165) is 25.7 Å². The average Bonchev–Trinajstić information content (AvgIpc) is 3.21. The summed E-state index contributed by atoms with van der Waals surface area (Å²) in [6, 6.07) is 5.27. The molecule has 0 radical (unpaired) electrons. The first-order valence-electron chi connectivity index (χ1n) is 6.80. The molecular weight excluding hydrogens is 226 g/mol. The summed E-state index contributed by atoms with van der Waals surface area (Å²) >= 11 is 0. The first kappa shape index (κ1) is 12.1. The van der Waals surface area contributed by atoms with Gasteiger partial charge >= 0.3 is 0 Å². The van der Waals surface area contributed by atoms with Crippen LogP contribution in [0.2, 0.25) is 0 Å². The molecule has 2 aliphatic rings. The molecule has 2 atom stereocenters. The van der Waals surface area contributed by atoms with E-state index in [4.69, 9.17) is 4.74 Å². The van der Waals surface area contributed by atoms with Crippen LogP contribution in [0.15, 0.2) is 24.5 Å². The van der Waals surface area contributed by atoms with E-state index < -0.39 is 0 Å². The Labute approximate surface area is 108 Å². The molecule has 0 amide bonds. The molecule has 98 valence electrons. The molecule has 1 N–H and O–H groups in total. The lowest BCUT2D eigenvalue weighted by molar-refractivity contribution is -0.0615. The Bertz CT molecular complexity index is 380. The molecule has 0 spiro atoms. The molecule has 1 aromatic heterocycles. The van der Waals surface area contributed by atoms with Crippen molar-refractivity contribution in [2.75, 3.05) is 26.7 Å². The standard InChI is InChI=1S/C14H21N3O/c1-17-8-9-18-13(10-16-12-2-3-12)14(17)11-4-6-15-7-5-11/h4-7,12-14,16H,2-3,8-10H2,1H3. The molecule has 4 nitrogen and oxygen atoms in total. The topological polar surface area (TPSA) is 37.4 Å². The molecule has 4 heteroatoms. The number of hydrogen-bond donors (Lipinski definition) is 1. The second-order valence-electron chi connectivity index (χ2n) is 5.30. The van der Waals surface area contributed by atoms with E-state index >= 15 is 0 Å². The highest BCUT2D eigenvalue weighted by molar-refractivity contribution is 5.17. The SMILES string of the molecule is CN1CCOC(CNC2CC2)C1c1ccncc1. The Hall–Kier alpha value is -0.970. The van der Waals surface area contributed by atoms with Crippen LogP contribution in [0, 0.1) is 0 Å². The van der Waals surface area contributed by atoms with Crippen LogP contribution >= 0.6 is 0 Å². The van der Waals surface area contributed by atoms with Gasteiger partial charge in [0.2, 0.25) is 0 Å². The number of morpholine rings is 1. The van der Waals surface area contributed by atoms with E-state index in [2.05, 4.69) is 34.4 Å². The fraction of sp³-hybridized carbons (Fsp3) is 0.643. The van der Waals surface area contributed by atoms with Crippen LogP contribution in [-0.4, -0.2) is 48.8 Å². The minimum absolute atomic E-state index is 0.242. The summed E-state index contributed by atoms with van der Waals surface area (Å²) in [6.45, 7) is 2.77. The summed E-state index contributed by atoms with van der Waals surface area (Å²) in [6.07, 6.45) is 6.61. The predicted molar refractivity (Wildman–Crippen MR) is 70.4 cm³/mol. The minimum atomic E-state index is 0.242. The summed E-state index contributed by atoms with van der Waals surface area (Å²) in [5.41, 5.74) is 1.30. The van der Waals surface area contributed by atoms with Gasteiger partial charge in [-0.2, -0.15) is 0 Å². The van der Waals surface area contributed by atoms with Crippen molar-refractivity contribution in [3.05, 3.63) is 30.1 Å². The third-order valence-corrected chi connectivity index (χ3v) is 3.84. The second kappa shape index (κ2) is 5.34. The Morgan fingerprint density at radius 1 is 1.39 bits per heavy atom. The van der Waals surface area contributed by atoms with Crippen LogP contribution in [-0.2, 0) is 4.74 Å². The van der Waals surface area contributed by atoms with Crippen LogP contribution in [0.1, 0.15) is 24.4 Å². The van der Waals surface area contributed by atoms with Crippen LogP contribution in [0.3, 0.4) is 0 Å². The fourth-order valence-corrected chi connectivity index (χ4v) is 2.63. The molecule has 1 aliphatic carbocycles. The van der Waals surface area contributed by atoms with Crippen molar-refractivity contribution in [2.24, 2.45) is 0 Å². The molecule has 0 bridgehead atoms. The summed E-state index contributed by atoms with van der Waals surface area (Å²) in [4.78, 5) is 6.49. The van der Waals surface area contributed by atoms with Gasteiger partial charge in [0.1, 0.15) is 0 Å². The molecule has 2 unspecified atom stereocenters. The van der Waals surface area contributed by atoms with E-state index in [1.807, 2.05) is 12.4 Å². The lowest BCUT2D eigenvalue weighted by Crippen LogP contribution is -2.47. The maximum atomic E-state index is 5.97. The lowest BCUT2D eigenvalue weighted by Gasteiger charge is -2.39. The monoisotopic (exact) mass is 247 g/mol. The molecule has 1 aromatic rings. The van der Waals surface area contributed by atoms with Gasteiger partial charge in [-0.15, -0.1) is 0 Å². The average molecular weight is 247 g/mol. The highest BCUT2D eigenvalue weighted by Crippen LogP contribution is 2.28. The van der Waals surface area contributed by atoms with Gasteiger partial charge in [-0.1, -0.05) is 0 Å². The van der Waals surface area contributed by atoms with Crippen LogP contribution in [0.5, 0.6) is 0 Å². The number of likely N-dealkylation sites (N-methyl/N-ethyl adjacent to an activating group) is 1. The van der Waals surface area contributed by atoms with Crippen molar-refractivity contribution in [3.8, 4) is 0 Å². The highest BCUT2D eigenvalue weighted by atomic mass is 16.5. The van der Waals surface area contributed by atoms with Crippen LogP contribution in [0.4, 0.5) is 0 Å². The van der Waals surface area contributed by atoms with Crippen molar-refractivity contribution in [2.45, 2.75) is 31.0 Å². The van der Waals surface area contributed by atoms with Crippen molar-refractivity contribution < 1.29 is 4.74 Å². The fourth-order valence-electron chi connectivity index (χ4n) is 2.63. The van der Waals surface area contributed by atoms with Gasteiger partial charge in [-0.3, -0.25) is 9.88 Å². The van der Waals surface area contributed by atoms with E-state index in [9.17, 15) is 0 Å². The molecular formula is C14H21N3O. The molecule has 2 heterocycles. The van der Waals surface area contributed by atoms with E-state index in [1.165, 1.54) is 18.4 Å². The summed E-state index contributed by atoms with van der Waals surface area (Å²) in [7, 11) is 2.18. The number of rotatable bonds is 4. The largest absolute Gasteiger partial charge is 0.374 e. The summed E-state index contributed by atoms with van der Waals surface area (Å²) in [5.74, 6) is 0. The van der Waals surface area contributed by atoms with Crippen LogP contribution < -0.4 is 5.32 Å². The molecule has 1 saturated carbocycles. The quantitative estimate of drug-likeness (QED) is 0.867. The highest BCUT2D eigenvalue weighted by Gasteiger charge is 2.32. The Balaban J connectivity index is 1.72.